The molecular weight excluding hydrogens is 332 g/mol. The van der Waals surface area contributed by atoms with Crippen molar-refractivity contribution in [2.24, 2.45) is 0 Å². The fourth-order valence-corrected chi connectivity index (χ4v) is 2.15. The molecule has 0 aliphatic carbocycles. The Labute approximate surface area is 144 Å². The van der Waals surface area contributed by atoms with Gasteiger partial charge < -0.3 is 9.47 Å². The third kappa shape index (κ3) is 4.39. The lowest BCUT2D eigenvalue weighted by molar-refractivity contribution is 0.0845. The molecule has 0 saturated heterocycles. The number of carbonyl (C=O) groups is 2. The first-order chi connectivity index (χ1) is 11.5. The number of nitrogens with one attached hydrogen (secondary N) is 2. The van der Waals surface area contributed by atoms with Gasteiger partial charge in [0.05, 0.1) is 19.3 Å². The maximum atomic E-state index is 12.2. The van der Waals surface area contributed by atoms with Gasteiger partial charge in [-0.3, -0.25) is 20.4 Å². The average Bonchev–Trinajstić information content (AvgIpc) is 2.60. The van der Waals surface area contributed by atoms with Gasteiger partial charge in [-0.05, 0) is 49.4 Å². The molecule has 0 aliphatic heterocycles. The Morgan fingerprint density at radius 3 is 2.33 bits per heavy atom. The van der Waals surface area contributed by atoms with Crippen LogP contribution < -0.4 is 20.3 Å². The number of benzene rings is 2. The van der Waals surface area contributed by atoms with E-state index in [0.29, 0.717) is 28.7 Å². The van der Waals surface area contributed by atoms with Gasteiger partial charge in [-0.25, -0.2) is 0 Å². The monoisotopic (exact) mass is 348 g/mol. The SMILES string of the molecule is CCOc1ccc(C(=O)NNC(=O)c2cc(Cl)ccc2OC)cc1. The topological polar surface area (TPSA) is 76.7 Å². The fraction of sp³-hybridized carbons (Fsp3) is 0.176. The van der Waals surface area contributed by atoms with Crippen molar-refractivity contribution in [3.05, 3.63) is 58.6 Å². The van der Waals surface area contributed by atoms with Crippen LogP contribution in [0, 0.1) is 0 Å². The molecule has 0 saturated carbocycles. The molecule has 2 rings (SSSR count). The van der Waals surface area contributed by atoms with E-state index in [0.717, 1.165) is 0 Å². The highest BCUT2D eigenvalue weighted by Crippen LogP contribution is 2.22. The van der Waals surface area contributed by atoms with Gasteiger partial charge in [0.25, 0.3) is 11.8 Å². The lowest BCUT2D eigenvalue weighted by Gasteiger charge is -2.11. The molecule has 2 N–H and O–H groups in total. The lowest BCUT2D eigenvalue weighted by Crippen LogP contribution is -2.41. The molecule has 0 aliphatic rings. The minimum absolute atomic E-state index is 0.219. The Kier molecular flexibility index (Phi) is 6.03. The predicted molar refractivity (Wildman–Crippen MR) is 90.5 cm³/mol. The van der Waals surface area contributed by atoms with Gasteiger partial charge in [-0.15, -0.1) is 0 Å². The number of hydrazine groups is 1. The summed E-state index contributed by atoms with van der Waals surface area (Å²) in [6, 6.07) is 11.2. The molecule has 0 radical (unpaired) electrons. The molecule has 0 aromatic heterocycles. The normalized spacial score (nSPS) is 9.96. The molecule has 2 aromatic carbocycles. The van der Waals surface area contributed by atoms with E-state index >= 15 is 0 Å². The van der Waals surface area contributed by atoms with Crippen LogP contribution in [0.3, 0.4) is 0 Å². The lowest BCUT2D eigenvalue weighted by atomic mass is 10.2. The van der Waals surface area contributed by atoms with E-state index in [9.17, 15) is 9.59 Å². The zero-order valence-corrected chi connectivity index (χ0v) is 14.0. The van der Waals surface area contributed by atoms with Crippen molar-refractivity contribution in [1.29, 1.82) is 0 Å². The van der Waals surface area contributed by atoms with Crippen molar-refractivity contribution in [2.75, 3.05) is 13.7 Å². The molecule has 6 nitrogen and oxygen atoms in total. The second kappa shape index (κ2) is 8.21. The van der Waals surface area contributed by atoms with Gasteiger partial charge in [0.1, 0.15) is 11.5 Å². The first-order valence-electron chi connectivity index (χ1n) is 7.22. The van der Waals surface area contributed by atoms with Crippen molar-refractivity contribution < 1.29 is 19.1 Å². The first-order valence-corrected chi connectivity index (χ1v) is 7.60. The Hall–Kier alpha value is -2.73. The van der Waals surface area contributed by atoms with E-state index in [-0.39, 0.29) is 5.56 Å². The summed E-state index contributed by atoms with van der Waals surface area (Å²) in [6.45, 7) is 2.42. The Balaban J connectivity index is 2.01. The molecule has 7 heteroatoms. The molecular formula is C17H17ClN2O4. The summed E-state index contributed by atoms with van der Waals surface area (Å²) in [4.78, 5) is 24.2. The summed E-state index contributed by atoms with van der Waals surface area (Å²) < 4.78 is 10.4. The molecule has 0 fully saturated rings. The van der Waals surface area contributed by atoms with Crippen LogP contribution in [-0.4, -0.2) is 25.5 Å². The smallest absolute Gasteiger partial charge is 0.273 e. The number of halogens is 1. The third-order valence-corrected chi connectivity index (χ3v) is 3.36. The standard InChI is InChI=1S/C17H17ClN2O4/c1-3-24-13-7-4-11(5-8-13)16(21)19-20-17(22)14-10-12(18)6-9-15(14)23-2/h4-10H,3H2,1-2H3,(H,19,21)(H,20,22). The van der Waals surface area contributed by atoms with Crippen molar-refractivity contribution in [3.8, 4) is 11.5 Å². The zero-order chi connectivity index (χ0) is 17.5. The van der Waals surface area contributed by atoms with Crippen LogP contribution in [0.2, 0.25) is 5.02 Å². The number of methoxy groups -OCH3 is 1. The van der Waals surface area contributed by atoms with Crippen molar-refractivity contribution >= 4 is 23.4 Å². The van der Waals surface area contributed by atoms with Gasteiger partial charge in [-0.2, -0.15) is 0 Å². The maximum absolute atomic E-state index is 12.2. The summed E-state index contributed by atoms with van der Waals surface area (Å²) >= 11 is 5.88. The number of amides is 2. The largest absolute Gasteiger partial charge is 0.496 e. The number of hydrogen-bond donors (Lipinski definition) is 2. The van der Waals surface area contributed by atoms with Crippen molar-refractivity contribution in [1.82, 2.24) is 10.9 Å². The van der Waals surface area contributed by atoms with Gasteiger partial charge >= 0.3 is 0 Å². The van der Waals surface area contributed by atoms with Crippen LogP contribution >= 0.6 is 11.6 Å². The van der Waals surface area contributed by atoms with Gasteiger partial charge in [0.15, 0.2) is 0 Å². The second-order valence-electron chi connectivity index (χ2n) is 4.71. The summed E-state index contributed by atoms with van der Waals surface area (Å²) in [5.74, 6) is 0.0370. The van der Waals surface area contributed by atoms with Gasteiger partial charge in [0.2, 0.25) is 0 Å². The average molecular weight is 349 g/mol. The summed E-state index contributed by atoms with van der Waals surface area (Å²) in [7, 11) is 1.44. The van der Waals surface area contributed by atoms with Crippen LogP contribution in [0.4, 0.5) is 0 Å². The fourth-order valence-electron chi connectivity index (χ4n) is 1.98. The van der Waals surface area contributed by atoms with Crippen LogP contribution in [0.1, 0.15) is 27.6 Å². The highest BCUT2D eigenvalue weighted by atomic mass is 35.5. The molecule has 0 atom stereocenters. The van der Waals surface area contributed by atoms with Crippen LogP contribution in [0.15, 0.2) is 42.5 Å². The summed E-state index contributed by atoms with van der Waals surface area (Å²) in [6.07, 6.45) is 0. The van der Waals surface area contributed by atoms with E-state index in [1.807, 2.05) is 6.92 Å². The summed E-state index contributed by atoms with van der Waals surface area (Å²) in [5, 5.41) is 0.388. The molecule has 0 spiro atoms. The highest BCUT2D eigenvalue weighted by Gasteiger charge is 2.14. The van der Waals surface area contributed by atoms with Crippen LogP contribution in [-0.2, 0) is 0 Å². The molecule has 0 heterocycles. The van der Waals surface area contributed by atoms with E-state index in [2.05, 4.69) is 10.9 Å². The Morgan fingerprint density at radius 2 is 1.71 bits per heavy atom. The number of ether oxygens (including phenoxy) is 2. The third-order valence-electron chi connectivity index (χ3n) is 3.12. The minimum Gasteiger partial charge on any atom is -0.496 e. The summed E-state index contributed by atoms with van der Waals surface area (Å²) in [5.41, 5.74) is 5.28. The number of hydrogen-bond acceptors (Lipinski definition) is 4. The zero-order valence-electron chi connectivity index (χ0n) is 13.3. The van der Waals surface area contributed by atoms with Crippen LogP contribution in [0.25, 0.3) is 0 Å². The van der Waals surface area contributed by atoms with E-state index in [4.69, 9.17) is 21.1 Å². The molecule has 0 bridgehead atoms. The van der Waals surface area contributed by atoms with E-state index in [1.54, 1.807) is 36.4 Å². The quantitative estimate of drug-likeness (QED) is 0.815. The molecule has 24 heavy (non-hydrogen) atoms. The van der Waals surface area contributed by atoms with Crippen LogP contribution in [0.5, 0.6) is 11.5 Å². The number of rotatable bonds is 5. The van der Waals surface area contributed by atoms with E-state index in [1.165, 1.54) is 13.2 Å². The second-order valence-corrected chi connectivity index (χ2v) is 5.15. The molecule has 2 aromatic rings. The predicted octanol–water partition coefficient (Wildman–Crippen LogP) is 2.82. The highest BCUT2D eigenvalue weighted by molar-refractivity contribution is 6.31. The van der Waals surface area contributed by atoms with Gasteiger partial charge in [0, 0.05) is 10.6 Å². The van der Waals surface area contributed by atoms with E-state index < -0.39 is 11.8 Å². The maximum Gasteiger partial charge on any atom is 0.273 e. The van der Waals surface area contributed by atoms with Crippen molar-refractivity contribution in [2.45, 2.75) is 6.92 Å². The minimum atomic E-state index is -0.534. The first kappa shape index (κ1) is 17.6. The molecule has 126 valence electrons. The Bertz CT molecular complexity index is 732. The van der Waals surface area contributed by atoms with Crippen molar-refractivity contribution in [3.63, 3.8) is 0 Å². The molecule has 2 amide bonds. The van der Waals surface area contributed by atoms with Gasteiger partial charge in [-0.1, -0.05) is 11.6 Å². The Morgan fingerprint density at radius 1 is 1.04 bits per heavy atom. The molecule has 0 unspecified atom stereocenters. The number of carbonyl (C=O) groups excluding carboxylic acids is 2.